The van der Waals surface area contributed by atoms with E-state index in [4.69, 9.17) is 9.26 Å². The van der Waals surface area contributed by atoms with Crippen molar-refractivity contribution in [2.24, 2.45) is 0 Å². The number of nitrogens with zero attached hydrogens (tertiary/aromatic N) is 4. The maximum atomic E-state index is 12.6. The van der Waals surface area contributed by atoms with Crippen molar-refractivity contribution in [3.05, 3.63) is 30.2 Å². The first-order valence-corrected chi connectivity index (χ1v) is 10.2. The third-order valence-corrected chi connectivity index (χ3v) is 5.88. The quantitative estimate of drug-likeness (QED) is 0.789. The maximum absolute atomic E-state index is 12.6. The van der Waals surface area contributed by atoms with Crippen molar-refractivity contribution in [2.75, 3.05) is 33.3 Å². The first kappa shape index (κ1) is 18.9. The molecule has 7 nitrogen and oxygen atoms in total. The molecule has 2 fully saturated rings. The fourth-order valence-corrected chi connectivity index (χ4v) is 4.21. The van der Waals surface area contributed by atoms with Crippen LogP contribution in [0.4, 0.5) is 0 Å². The standard InChI is InChI=1S/C21H28N4O3/c1-27-18-9-7-16(8-10-18)21-22-19(28-23-21)15-20(26)25-13-11-24(12-14-25)17-5-3-2-4-6-17/h7-10,17H,2-6,11-15H2,1H3. The predicted molar refractivity (Wildman–Crippen MR) is 105 cm³/mol. The SMILES string of the molecule is COc1ccc(-c2noc(CC(=O)N3CCN(C4CCCCC4)CC3)n2)cc1. The lowest BCUT2D eigenvalue weighted by Crippen LogP contribution is -2.52. The lowest BCUT2D eigenvalue weighted by molar-refractivity contribution is -0.133. The molecule has 0 bridgehead atoms. The highest BCUT2D eigenvalue weighted by Crippen LogP contribution is 2.24. The molecule has 1 amide bonds. The molecule has 1 saturated heterocycles. The Bertz CT molecular complexity index is 775. The van der Waals surface area contributed by atoms with E-state index in [-0.39, 0.29) is 12.3 Å². The van der Waals surface area contributed by atoms with Crippen LogP contribution in [0.1, 0.15) is 38.0 Å². The largest absolute Gasteiger partial charge is 0.497 e. The zero-order valence-corrected chi connectivity index (χ0v) is 16.5. The Morgan fingerprint density at radius 2 is 1.82 bits per heavy atom. The van der Waals surface area contributed by atoms with Gasteiger partial charge in [0.15, 0.2) is 0 Å². The molecule has 1 aliphatic heterocycles. The van der Waals surface area contributed by atoms with Crippen molar-refractivity contribution in [3.63, 3.8) is 0 Å². The average molecular weight is 384 g/mol. The molecule has 0 unspecified atom stereocenters. The van der Waals surface area contributed by atoms with Crippen LogP contribution < -0.4 is 4.74 Å². The Morgan fingerprint density at radius 3 is 2.50 bits per heavy atom. The Hall–Kier alpha value is -2.41. The summed E-state index contributed by atoms with van der Waals surface area (Å²) in [6, 6.07) is 8.17. The fraction of sp³-hybridized carbons (Fsp3) is 0.571. The molecular formula is C21H28N4O3. The van der Waals surface area contributed by atoms with E-state index < -0.39 is 0 Å². The van der Waals surface area contributed by atoms with Crippen molar-refractivity contribution in [1.82, 2.24) is 19.9 Å². The second-order valence-corrected chi connectivity index (χ2v) is 7.63. The number of carbonyl (C=O) groups is 1. The van der Waals surface area contributed by atoms with Crippen LogP contribution in [0.15, 0.2) is 28.8 Å². The van der Waals surface area contributed by atoms with E-state index in [2.05, 4.69) is 15.0 Å². The molecule has 0 radical (unpaired) electrons. The summed E-state index contributed by atoms with van der Waals surface area (Å²) < 4.78 is 10.5. The number of benzene rings is 1. The minimum absolute atomic E-state index is 0.0632. The molecule has 2 heterocycles. The smallest absolute Gasteiger partial charge is 0.236 e. The predicted octanol–water partition coefficient (Wildman–Crippen LogP) is 2.76. The van der Waals surface area contributed by atoms with Gasteiger partial charge in [-0.2, -0.15) is 4.98 Å². The van der Waals surface area contributed by atoms with Crippen molar-refractivity contribution in [2.45, 2.75) is 44.6 Å². The number of methoxy groups -OCH3 is 1. The highest BCUT2D eigenvalue weighted by Gasteiger charge is 2.27. The van der Waals surface area contributed by atoms with Gasteiger partial charge in [0.05, 0.1) is 7.11 Å². The van der Waals surface area contributed by atoms with Crippen LogP contribution >= 0.6 is 0 Å². The van der Waals surface area contributed by atoms with Gasteiger partial charge in [0.2, 0.25) is 17.6 Å². The van der Waals surface area contributed by atoms with Gasteiger partial charge in [-0.3, -0.25) is 9.69 Å². The molecular weight excluding hydrogens is 356 g/mol. The van der Waals surface area contributed by atoms with Crippen molar-refractivity contribution in [1.29, 1.82) is 0 Å². The summed E-state index contributed by atoms with van der Waals surface area (Å²) in [5, 5.41) is 4.01. The van der Waals surface area contributed by atoms with E-state index in [1.807, 2.05) is 29.2 Å². The zero-order chi connectivity index (χ0) is 19.3. The molecule has 2 aromatic rings. The lowest BCUT2D eigenvalue weighted by atomic mass is 9.94. The van der Waals surface area contributed by atoms with Crippen molar-refractivity contribution in [3.8, 4) is 17.1 Å². The van der Waals surface area contributed by atoms with E-state index in [1.165, 1.54) is 32.1 Å². The van der Waals surface area contributed by atoms with Gasteiger partial charge in [-0.25, -0.2) is 0 Å². The number of piperazine rings is 1. The summed E-state index contributed by atoms with van der Waals surface area (Å²) in [7, 11) is 1.63. The van der Waals surface area contributed by atoms with Crippen LogP contribution in [0.25, 0.3) is 11.4 Å². The number of hydrogen-bond acceptors (Lipinski definition) is 6. The topological polar surface area (TPSA) is 71.7 Å². The Balaban J connectivity index is 1.30. The van der Waals surface area contributed by atoms with Gasteiger partial charge >= 0.3 is 0 Å². The summed E-state index contributed by atoms with van der Waals surface area (Å²) in [4.78, 5) is 21.5. The molecule has 0 spiro atoms. The molecule has 0 N–H and O–H groups in total. The molecule has 150 valence electrons. The van der Waals surface area contributed by atoms with E-state index >= 15 is 0 Å². The molecule has 1 aromatic heterocycles. The maximum Gasteiger partial charge on any atom is 0.236 e. The van der Waals surface area contributed by atoms with Crippen LogP contribution in [0, 0.1) is 0 Å². The molecule has 28 heavy (non-hydrogen) atoms. The highest BCUT2D eigenvalue weighted by atomic mass is 16.5. The molecule has 2 aliphatic rings. The molecule has 4 rings (SSSR count). The number of aromatic nitrogens is 2. The Kier molecular flexibility index (Phi) is 5.90. The summed E-state index contributed by atoms with van der Waals surface area (Å²) >= 11 is 0. The van der Waals surface area contributed by atoms with Gasteiger partial charge in [0.1, 0.15) is 12.2 Å². The molecule has 1 saturated carbocycles. The number of amides is 1. The molecule has 1 aromatic carbocycles. The number of hydrogen-bond donors (Lipinski definition) is 0. The summed E-state index contributed by atoms with van der Waals surface area (Å²) in [6.07, 6.45) is 6.84. The second kappa shape index (κ2) is 8.73. The van der Waals surface area contributed by atoms with E-state index in [0.717, 1.165) is 37.5 Å². The highest BCUT2D eigenvalue weighted by molar-refractivity contribution is 5.78. The summed E-state index contributed by atoms with van der Waals surface area (Å²) in [5.41, 5.74) is 0.837. The van der Waals surface area contributed by atoms with Crippen LogP contribution in [0.2, 0.25) is 0 Å². The summed E-state index contributed by atoms with van der Waals surface area (Å²) in [6.45, 7) is 3.51. The van der Waals surface area contributed by atoms with Gasteiger partial charge < -0.3 is 14.2 Å². The van der Waals surface area contributed by atoms with Crippen LogP contribution in [-0.2, 0) is 11.2 Å². The van der Waals surface area contributed by atoms with E-state index in [9.17, 15) is 4.79 Å². The van der Waals surface area contributed by atoms with Gasteiger partial charge in [-0.1, -0.05) is 24.4 Å². The van der Waals surface area contributed by atoms with Gasteiger partial charge in [0, 0.05) is 37.8 Å². The first-order chi connectivity index (χ1) is 13.7. The third kappa shape index (κ3) is 4.35. The second-order valence-electron chi connectivity index (χ2n) is 7.63. The van der Waals surface area contributed by atoms with Gasteiger partial charge in [0.25, 0.3) is 0 Å². The monoisotopic (exact) mass is 384 g/mol. The first-order valence-electron chi connectivity index (χ1n) is 10.2. The minimum atomic E-state index is 0.0632. The van der Waals surface area contributed by atoms with Crippen LogP contribution in [0.3, 0.4) is 0 Å². The fourth-order valence-electron chi connectivity index (χ4n) is 4.21. The van der Waals surface area contributed by atoms with E-state index in [0.29, 0.717) is 17.8 Å². The number of ether oxygens (including phenoxy) is 1. The zero-order valence-electron chi connectivity index (χ0n) is 16.5. The number of carbonyl (C=O) groups excluding carboxylic acids is 1. The minimum Gasteiger partial charge on any atom is -0.497 e. The summed E-state index contributed by atoms with van der Waals surface area (Å²) in [5.74, 6) is 1.70. The van der Waals surface area contributed by atoms with Gasteiger partial charge in [-0.15, -0.1) is 0 Å². The molecule has 7 heteroatoms. The normalized spacial score (nSPS) is 19.0. The average Bonchev–Trinajstić information content (AvgIpc) is 3.23. The van der Waals surface area contributed by atoms with Crippen molar-refractivity contribution < 1.29 is 14.1 Å². The Labute approximate surface area is 165 Å². The van der Waals surface area contributed by atoms with Crippen LogP contribution in [-0.4, -0.2) is 65.2 Å². The van der Waals surface area contributed by atoms with E-state index in [1.54, 1.807) is 7.11 Å². The Morgan fingerprint density at radius 1 is 1.11 bits per heavy atom. The molecule has 0 atom stereocenters. The number of rotatable bonds is 5. The third-order valence-electron chi connectivity index (χ3n) is 5.88. The van der Waals surface area contributed by atoms with Crippen molar-refractivity contribution >= 4 is 5.91 Å². The molecule has 1 aliphatic carbocycles. The lowest BCUT2D eigenvalue weighted by Gasteiger charge is -2.40. The van der Waals surface area contributed by atoms with Gasteiger partial charge in [-0.05, 0) is 37.1 Å². The van der Waals surface area contributed by atoms with Crippen LogP contribution in [0.5, 0.6) is 5.75 Å².